The number of ether oxygens (including phenoxy) is 12. The van der Waals surface area contributed by atoms with Gasteiger partial charge in [-0.3, -0.25) is 4.79 Å². The fraction of sp³-hybridized carbons (Fsp3) is 0.973. The molecule has 0 spiro atoms. The van der Waals surface area contributed by atoms with Gasteiger partial charge in [0.1, 0.15) is 85.5 Å². The number of carbonyl (C=O) groups is 1. The van der Waals surface area contributed by atoms with Crippen LogP contribution in [0.3, 0.4) is 0 Å². The number of aliphatic hydroxyl groups is 13. The molecule has 0 amide bonds. The second-order valence-corrected chi connectivity index (χ2v) is 16.3. The molecule has 5 fully saturated rings. The molecule has 0 aromatic rings. The molecule has 0 bridgehead atoms. The Morgan fingerprint density at radius 2 is 1.19 bits per heavy atom. The van der Waals surface area contributed by atoms with Gasteiger partial charge in [-0.05, 0) is 6.42 Å². The number of hydrogen-bond acceptors (Lipinski definition) is 26. The van der Waals surface area contributed by atoms with Crippen LogP contribution in [0.15, 0.2) is 0 Å². The second-order valence-electron chi connectivity index (χ2n) is 16.3. The van der Waals surface area contributed by atoms with Crippen molar-refractivity contribution in [3.05, 3.63) is 0 Å². The van der Waals surface area contributed by atoms with Gasteiger partial charge in [0.25, 0.3) is 6.47 Å². The predicted molar refractivity (Wildman–Crippen MR) is 198 cm³/mol. The average molecular weight is 925 g/mol. The standard InChI is InChI=1S/C37H64O26/c1-13-16(44)7-37(55-12-42,62-28(13)15(43)5-6-38)63-32-23(47)18(9-40)57-36(27(32)51)60-30-20(11-54-35-25(49)24(48)29(52-3)19(10-41)58-35)59-33(14(2)21(30)45)61-31-22(46)17(8-39)56-34(53-4)26(31)50/h12-36,38-41,43-51H,5-11H2,1-4H3. The lowest BCUT2D eigenvalue weighted by Gasteiger charge is -2.51. The first-order chi connectivity index (χ1) is 29.9. The Morgan fingerprint density at radius 3 is 1.78 bits per heavy atom. The zero-order valence-electron chi connectivity index (χ0n) is 35.0. The third-order valence-electron chi connectivity index (χ3n) is 12.2. The number of hydrogen-bond donors (Lipinski definition) is 13. The molecule has 5 aliphatic rings. The van der Waals surface area contributed by atoms with Gasteiger partial charge in [-0.1, -0.05) is 13.8 Å². The molecule has 5 aliphatic heterocycles. The summed E-state index contributed by atoms with van der Waals surface area (Å²) in [5.74, 6) is -4.54. The topological polar surface area (TPSA) is 391 Å². The van der Waals surface area contributed by atoms with E-state index >= 15 is 0 Å². The normalized spacial score (nSPS) is 49.0. The highest BCUT2D eigenvalue weighted by atomic mass is 16.9. The fourth-order valence-corrected chi connectivity index (χ4v) is 8.42. The van der Waals surface area contributed by atoms with Gasteiger partial charge >= 0.3 is 5.97 Å². The van der Waals surface area contributed by atoms with Crippen LogP contribution in [0.2, 0.25) is 0 Å². The van der Waals surface area contributed by atoms with Crippen molar-refractivity contribution < 1.29 is 128 Å². The summed E-state index contributed by atoms with van der Waals surface area (Å²) < 4.78 is 68.2. The molecule has 5 saturated heterocycles. The number of carbonyl (C=O) groups excluding carboxylic acids is 1. The summed E-state index contributed by atoms with van der Waals surface area (Å²) in [7, 11) is 2.42. The molecule has 26 nitrogen and oxygen atoms in total. The van der Waals surface area contributed by atoms with Crippen LogP contribution in [0.4, 0.5) is 0 Å². The van der Waals surface area contributed by atoms with Gasteiger partial charge < -0.3 is 123 Å². The average Bonchev–Trinajstić information content (AvgIpc) is 3.26. The number of aliphatic hydroxyl groups excluding tert-OH is 13. The molecular formula is C37H64O26. The minimum Gasteiger partial charge on any atom is -0.410 e. The van der Waals surface area contributed by atoms with E-state index in [2.05, 4.69) is 0 Å². The highest BCUT2D eigenvalue weighted by Gasteiger charge is 2.58. The molecule has 368 valence electrons. The van der Waals surface area contributed by atoms with E-state index in [9.17, 15) is 71.2 Å². The molecule has 13 N–H and O–H groups in total. The first-order valence-electron chi connectivity index (χ1n) is 20.6. The molecule has 0 aliphatic carbocycles. The summed E-state index contributed by atoms with van der Waals surface area (Å²) in [5.41, 5.74) is 0. The third kappa shape index (κ3) is 11.3. The first-order valence-corrected chi connectivity index (χ1v) is 20.6. The van der Waals surface area contributed by atoms with Gasteiger partial charge in [0.15, 0.2) is 25.2 Å². The van der Waals surface area contributed by atoms with Crippen LogP contribution in [0.1, 0.15) is 26.7 Å². The number of methoxy groups -OCH3 is 2. The van der Waals surface area contributed by atoms with Crippen molar-refractivity contribution in [3.63, 3.8) is 0 Å². The molecule has 5 rings (SSSR count). The summed E-state index contributed by atoms with van der Waals surface area (Å²) in [4.78, 5) is 11.8. The van der Waals surface area contributed by atoms with E-state index < -0.39 is 192 Å². The quantitative estimate of drug-likeness (QED) is 0.0423. The molecule has 0 aromatic heterocycles. The fourth-order valence-electron chi connectivity index (χ4n) is 8.42. The van der Waals surface area contributed by atoms with Crippen molar-refractivity contribution in [3.8, 4) is 0 Å². The molecule has 25 unspecified atom stereocenters. The van der Waals surface area contributed by atoms with Gasteiger partial charge in [0, 0.05) is 32.7 Å². The molecule has 63 heavy (non-hydrogen) atoms. The summed E-state index contributed by atoms with van der Waals surface area (Å²) >= 11 is 0. The third-order valence-corrected chi connectivity index (χ3v) is 12.2. The highest BCUT2D eigenvalue weighted by Crippen LogP contribution is 2.41. The van der Waals surface area contributed by atoms with E-state index in [0.717, 1.165) is 0 Å². The van der Waals surface area contributed by atoms with E-state index in [1.54, 1.807) is 0 Å². The SMILES string of the molecule is COC1OC(CO)C(O)C(OC2OC(COC3OC(CO)C(OC)C(O)C3O)C(OC3OC(CO)C(O)C(OC4(OC=O)CC(O)C(C)C(C(O)CCO)O4)C3O)C(O)C2C)C1O. The largest absolute Gasteiger partial charge is 0.410 e. The lowest BCUT2D eigenvalue weighted by Crippen LogP contribution is -2.67. The smallest absolute Gasteiger partial charge is 0.332 e. The van der Waals surface area contributed by atoms with Crippen molar-refractivity contribution in [2.45, 2.75) is 168 Å². The van der Waals surface area contributed by atoms with E-state index in [-0.39, 0.29) is 12.9 Å². The zero-order chi connectivity index (χ0) is 46.5. The summed E-state index contributed by atoms with van der Waals surface area (Å²) in [5, 5.41) is 140. The lowest BCUT2D eigenvalue weighted by molar-refractivity contribution is -0.447. The Hall–Kier alpha value is -1.49. The van der Waals surface area contributed by atoms with E-state index in [0.29, 0.717) is 0 Å². The van der Waals surface area contributed by atoms with Crippen LogP contribution >= 0.6 is 0 Å². The summed E-state index contributed by atoms with van der Waals surface area (Å²) in [6, 6.07) is 0. The van der Waals surface area contributed by atoms with Crippen LogP contribution < -0.4 is 0 Å². The van der Waals surface area contributed by atoms with Crippen molar-refractivity contribution in [1.29, 1.82) is 0 Å². The maximum Gasteiger partial charge on any atom is 0.332 e. The molecule has 0 radical (unpaired) electrons. The monoisotopic (exact) mass is 924 g/mol. The van der Waals surface area contributed by atoms with Crippen LogP contribution in [-0.2, 0) is 61.6 Å². The van der Waals surface area contributed by atoms with Crippen LogP contribution in [0, 0.1) is 11.8 Å². The van der Waals surface area contributed by atoms with Gasteiger partial charge in [-0.15, -0.1) is 0 Å². The zero-order valence-corrected chi connectivity index (χ0v) is 35.0. The molecule has 26 heteroatoms. The Kier molecular flexibility index (Phi) is 19.2. The predicted octanol–water partition coefficient (Wildman–Crippen LogP) is -7.79. The molecule has 0 aromatic carbocycles. The summed E-state index contributed by atoms with van der Waals surface area (Å²) in [6.45, 7) is -0.678. The Labute approximate surface area is 361 Å². The maximum absolute atomic E-state index is 11.9. The molecule has 25 atom stereocenters. The first kappa shape index (κ1) is 52.5. The second kappa shape index (κ2) is 23.0. The number of rotatable bonds is 19. The van der Waals surface area contributed by atoms with E-state index in [1.165, 1.54) is 28.1 Å². The van der Waals surface area contributed by atoms with Crippen molar-refractivity contribution >= 4 is 6.47 Å². The molecular weight excluding hydrogens is 860 g/mol. The van der Waals surface area contributed by atoms with Crippen LogP contribution in [0.5, 0.6) is 0 Å². The van der Waals surface area contributed by atoms with Gasteiger partial charge in [0.05, 0.1) is 57.3 Å². The van der Waals surface area contributed by atoms with Gasteiger partial charge in [-0.2, -0.15) is 0 Å². The Bertz CT molecular complexity index is 1370. The van der Waals surface area contributed by atoms with Gasteiger partial charge in [0.2, 0.25) is 0 Å². The van der Waals surface area contributed by atoms with Crippen molar-refractivity contribution in [1.82, 2.24) is 0 Å². The van der Waals surface area contributed by atoms with Crippen molar-refractivity contribution in [2.24, 2.45) is 11.8 Å². The lowest BCUT2D eigenvalue weighted by atomic mass is 9.87. The minimum absolute atomic E-state index is 0.101. The van der Waals surface area contributed by atoms with Gasteiger partial charge in [-0.25, -0.2) is 0 Å². The van der Waals surface area contributed by atoms with Crippen LogP contribution in [0.25, 0.3) is 0 Å². The van der Waals surface area contributed by atoms with Crippen LogP contribution in [-0.4, -0.2) is 261 Å². The Morgan fingerprint density at radius 1 is 0.619 bits per heavy atom. The maximum atomic E-state index is 11.9. The Balaban J connectivity index is 1.44. The van der Waals surface area contributed by atoms with E-state index in [4.69, 9.17) is 56.8 Å². The van der Waals surface area contributed by atoms with Crippen molar-refractivity contribution in [2.75, 3.05) is 47.3 Å². The minimum atomic E-state index is -2.58. The highest BCUT2D eigenvalue weighted by molar-refractivity contribution is 5.37. The molecule has 0 saturated carbocycles. The summed E-state index contributed by atoms with van der Waals surface area (Å²) in [6.07, 6.45) is -36.0. The molecule has 5 heterocycles. The van der Waals surface area contributed by atoms with E-state index in [1.807, 2.05) is 0 Å².